The highest BCUT2D eigenvalue weighted by Gasteiger charge is 2.32. The Hall–Kier alpha value is -2.23. The first-order chi connectivity index (χ1) is 13.8. The number of rotatable bonds is 5. The number of sulfonamides is 1. The summed E-state index contributed by atoms with van der Waals surface area (Å²) in [6.07, 6.45) is 0.873. The van der Waals surface area contributed by atoms with Crippen molar-refractivity contribution in [3.8, 4) is 0 Å². The molecule has 1 saturated heterocycles. The number of benzene rings is 2. The van der Waals surface area contributed by atoms with E-state index in [9.17, 15) is 13.2 Å². The molecule has 0 spiro atoms. The molecule has 3 aromatic rings. The summed E-state index contributed by atoms with van der Waals surface area (Å²) in [7, 11) is -3.63. The molecule has 0 radical (unpaired) electrons. The Morgan fingerprint density at radius 1 is 1.31 bits per heavy atom. The topological polar surface area (TPSA) is 92.5 Å². The average Bonchev–Trinajstić information content (AvgIpc) is 3.30. The van der Waals surface area contributed by atoms with Gasteiger partial charge in [-0.1, -0.05) is 24.2 Å². The number of halogens is 1. The van der Waals surface area contributed by atoms with E-state index in [1.54, 1.807) is 18.2 Å². The summed E-state index contributed by atoms with van der Waals surface area (Å²) in [5.74, 6) is 0.0354. The van der Waals surface area contributed by atoms with E-state index >= 15 is 0 Å². The predicted molar refractivity (Wildman–Crippen MR) is 113 cm³/mol. The fraction of sp³-hybridized carbons (Fsp3) is 0.300. The molecule has 1 atom stereocenters. The molecule has 1 amide bonds. The van der Waals surface area contributed by atoms with Gasteiger partial charge >= 0.3 is 0 Å². The van der Waals surface area contributed by atoms with Gasteiger partial charge in [0.1, 0.15) is 5.69 Å². The Bertz CT molecular complexity index is 1180. The Morgan fingerprint density at radius 3 is 2.86 bits per heavy atom. The highest BCUT2D eigenvalue weighted by atomic mass is 79.9. The maximum absolute atomic E-state index is 13.0. The van der Waals surface area contributed by atoms with Gasteiger partial charge in [-0.05, 0) is 58.6 Å². The SMILES string of the molecule is C[C@H]1CCN(S(=O)(=O)c2cc(NC(=O)Cc3noc4ccccc34)ccc2Br)C1. The second-order valence-corrected chi connectivity index (χ2v) is 10.0. The summed E-state index contributed by atoms with van der Waals surface area (Å²) in [4.78, 5) is 12.7. The molecular weight excluding hydrogens is 458 g/mol. The van der Waals surface area contributed by atoms with Crippen LogP contribution in [0.5, 0.6) is 0 Å². The predicted octanol–water partition coefficient (Wildman–Crippen LogP) is 3.80. The lowest BCUT2D eigenvalue weighted by Gasteiger charge is -2.18. The molecule has 2 aromatic carbocycles. The summed E-state index contributed by atoms with van der Waals surface area (Å²) in [5.41, 5.74) is 1.57. The highest BCUT2D eigenvalue weighted by molar-refractivity contribution is 9.10. The minimum absolute atomic E-state index is 0.0266. The normalized spacial score (nSPS) is 17.7. The molecule has 2 heterocycles. The van der Waals surface area contributed by atoms with Crippen LogP contribution < -0.4 is 5.32 Å². The highest BCUT2D eigenvalue weighted by Crippen LogP contribution is 2.31. The van der Waals surface area contributed by atoms with Crippen molar-refractivity contribution in [3.63, 3.8) is 0 Å². The van der Waals surface area contributed by atoms with Crippen LogP contribution in [0.1, 0.15) is 19.0 Å². The molecular formula is C20H20BrN3O4S. The number of hydrogen-bond donors (Lipinski definition) is 1. The molecule has 0 unspecified atom stereocenters. The van der Waals surface area contributed by atoms with Gasteiger partial charge in [-0.3, -0.25) is 4.79 Å². The fourth-order valence-corrected chi connectivity index (χ4v) is 5.98. The lowest BCUT2D eigenvalue weighted by atomic mass is 10.1. The number of fused-ring (bicyclic) bond motifs is 1. The largest absolute Gasteiger partial charge is 0.356 e. The van der Waals surface area contributed by atoms with E-state index in [1.807, 2.05) is 25.1 Å². The number of aromatic nitrogens is 1. The molecule has 1 aliphatic rings. The zero-order valence-electron chi connectivity index (χ0n) is 15.8. The standard InChI is InChI=1S/C20H20BrN3O4S/c1-13-8-9-24(12-13)29(26,27)19-10-14(6-7-16(19)21)22-20(25)11-17-15-4-2-3-5-18(15)28-23-17/h2-7,10,13H,8-9,11-12H2,1H3,(H,22,25)/t13-/m0/s1. The van der Waals surface area contributed by atoms with Crippen molar-refractivity contribution in [2.45, 2.75) is 24.7 Å². The monoisotopic (exact) mass is 477 g/mol. The van der Waals surface area contributed by atoms with Gasteiger partial charge < -0.3 is 9.84 Å². The van der Waals surface area contributed by atoms with E-state index in [2.05, 4.69) is 26.4 Å². The number of hydrogen-bond acceptors (Lipinski definition) is 5. The minimum atomic E-state index is -3.63. The van der Waals surface area contributed by atoms with Gasteiger partial charge in [-0.15, -0.1) is 0 Å². The van der Waals surface area contributed by atoms with Crippen molar-refractivity contribution < 1.29 is 17.7 Å². The van der Waals surface area contributed by atoms with Crippen LogP contribution in [0.4, 0.5) is 5.69 Å². The van der Waals surface area contributed by atoms with Gasteiger partial charge in [-0.2, -0.15) is 4.31 Å². The number of para-hydroxylation sites is 1. The summed E-state index contributed by atoms with van der Waals surface area (Å²) in [5, 5.41) is 7.50. The second kappa shape index (κ2) is 7.89. The molecule has 1 fully saturated rings. The van der Waals surface area contributed by atoms with E-state index in [0.717, 1.165) is 11.8 Å². The third-order valence-electron chi connectivity index (χ3n) is 5.00. The van der Waals surface area contributed by atoms with Crippen LogP contribution in [-0.2, 0) is 21.2 Å². The molecule has 0 saturated carbocycles. The molecule has 0 aliphatic carbocycles. The number of anilines is 1. The Labute approximate surface area is 177 Å². The summed E-state index contributed by atoms with van der Waals surface area (Å²) < 4.78 is 33.2. The van der Waals surface area contributed by atoms with E-state index < -0.39 is 10.0 Å². The van der Waals surface area contributed by atoms with Crippen LogP contribution in [0.25, 0.3) is 11.0 Å². The van der Waals surface area contributed by atoms with E-state index in [1.165, 1.54) is 10.4 Å². The van der Waals surface area contributed by atoms with Crippen molar-refractivity contribution >= 4 is 48.5 Å². The maximum Gasteiger partial charge on any atom is 0.244 e. The van der Waals surface area contributed by atoms with Gasteiger partial charge in [0.25, 0.3) is 0 Å². The van der Waals surface area contributed by atoms with Gasteiger partial charge in [0.05, 0.1) is 11.3 Å². The first-order valence-electron chi connectivity index (χ1n) is 9.27. The number of amides is 1. The maximum atomic E-state index is 13.0. The molecule has 9 heteroatoms. The molecule has 1 N–H and O–H groups in total. The molecule has 152 valence electrons. The molecule has 0 bridgehead atoms. The fourth-order valence-electron chi connectivity index (χ4n) is 3.45. The molecule has 4 rings (SSSR count). The third kappa shape index (κ3) is 4.08. The number of carbonyl (C=O) groups excluding carboxylic acids is 1. The van der Waals surface area contributed by atoms with E-state index in [-0.39, 0.29) is 17.2 Å². The van der Waals surface area contributed by atoms with Crippen LogP contribution in [0.2, 0.25) is 0 Å². The molecule has 29 heavy (non-hydrogen) atoms. The van der Waals surface area contributed by atoms with Gasteiger partial charge in [0.2, 0.25) is 15.9 Å². The first kappa shape index (κ1) is 20.1. The zero-order chi connectivity index (χ0) is 20.6. The van der Waals surface area contributed by atoms with Crippen LogP contribution >= 0.6 is 15.9 Å². The molecule has 1 aliphatic heterocycles. The van der Waals surface area contributed by atoms with Crippen molar-refractivity contribution in [2.24, 2.45) is 5.92 Å². The zero-order valence-corrected chi connectivity index (χ0v) is 18.2. The molecule has 1 aromatic heterocycles. The van der Waals surface area contributed by atoms with Crippen LogP contribution in [-0.4, -0.2) is 36.9 Å². The number of nitrogens with zero attached hydrogens (tertiary/aromatic N) is 2. The average molecular weight is 478 g/mol. The van der Waals surface area contributed by atoms with Crippen LogP contribution in [0, 0.1) is 5.92 Å². The minimum Gasteiger partial charge on any atom is -0.356 e. The Kier molecular flexibility index (Phi) is 5.46. The number of carbonyl (C=O) groups is 1. The van der Waals surface area contributed by atoms with E-state index in [0.29, 0.717) is 40.4 Å². The second-order valence-electron chi connectivity index (χ2n) is 7.25. The summed E-state index contributed by atoms with van der Waals surface area (Å²) in [6.45, 7) is 3.05. The third-order valence-corrected chi connectivity index (χ3v) is 7.86. The van der Waals surface area contributed by atoms with Crippen molar-refractivity contribution in [3.05, 3.63) is 52.6 Å². The Balaban J connectivity index is 1.53. The van der Waals surface area contributed by atoms with Gasteiger partial charge in [0, 0.05) is 28.6 Å². The quantitative estimate of drug-likeness (QED) is 0.602. The van der Waals surface area contributed by atoms with Gasteiger partial charge in [-0.25, -0.2) is 8.42 Å². The lowest BCUT2D eigenvalue weighted by Crippen LogP contribution is -2.29. The van der Waals surface area contributed by atoms with E-state index in [4.69, 9.17) is 4.52 Å². The molecule has 7 nitrogen and oxygen atoms in total. The summed E-state index contributed by atoms with van der Waals surface area (Å²) >= 11 is 3.33. The lowest BCUT2D eigenvalue weighted by molar-refractivity contribution is -0.115. The van der Waals surface area contributed by atoms with Gasteiger partial charge in [0.15, 0.2) is 5.58 Å². The van der Waals surface area contributed by atoms with Crippen molar-refractivity contribution in [1.29, 1.82) is 0 Å². The smallest absolute Gasteiger partial charge is 0.244 e. The van der Waals surface area contributed by atoms with Crippen molar-refractivity contribution in [2.75, 3.05) is 18.4 Å². The summed E-state index contributed by atoms with van der Waals surface area (Å²) in [6, 6.07) is 12.1. The Morgan fingerprint density at radius 2 is 2.10 bits per heavy atom. The first-order valence-corrected chi connectivity index (χ1v) is 11.5. The van der Waals surface area contributed by atoms with Crippen LogP contribution in [0.3, 0.4) is 0 Å². The number of nitrogens with one attached hydrogen (secondary N) is 1. The van der Waals surface area contributed by atoms with Crippen molar-refractivity contribution in [1.82, 2.24) is 9.46 Å². The van der Waals surface area contributed by atoms with Crippen LogP contribution in [0.15, 0.2) is 56.4 Å².